The Bertz CT molecular complexity index is 135. The van der Waals surface area contributed by atoms with Crippen LogP contribution in [0.15, 0.2) is 0 Å². The highest BCUT2D eigenvalue weighted by Gasteiger charge is 2.28. The van der Waals surface area contributed by atoms with Crippen molar-refractivity contribution in [2.24, 2.45) is 0 Å². The first-order valence-corrected chi connectivity index (χ1v) is 6.50. The topological polar surface area (TPSA) is 21.3 Å². The van der Waals surface area contributed by atoms with Gasteiger partial charge in [-0.1, -0.05) is 0 Å². The van der Waals surface area contributed by atoms with Gasteiger partial charge in [0, 0.05) is 13.2 Å². The summed E-state index contributed by atoms with van der Waals surface area (Å²) in [7, 11) is 0. The van der Waals surface area contributed by atoms with Gasteiger partial charge in [-0.15, -0.1) is 0 Å². The fraction of sp³-hybridized carbons (Fsp3) is 1.00. The summed E-state index contributed by atoms with van der Waals surface area (Å²) in [5, 5.41) is 3.46. The standard InChI is InChI=1S/C10H21NOS/c1-10(5-3-7-12-10)9-11-6-4-8-13-2/h11H,3-9H2,1-2H3. The molecule has 1 unspecified atom stereocenters. The van der Waals surface area contributed by atoms with Crippen LogP contribution in [0, 0.1) is 0 Å². The van der Waals surface area contributed by atoms with Gasteiger partial charge >= 0.3 is 0 Å². The number of hydrogen-bond acceptors (Lipinski definition) is 3. The van der Waals surface area contributed by atoms with Crippen molar-refractivity contribution >= 4 is 11.8 Å². The Morgan fingerprint density at radius 2 is 2.38 bits per heavy atom. The van der Waals surface area contributed by atoms with Crippen molar-refractivity contribution in [3.63, 3.8) is 0 Å². The van der Waals surface area contributed by atoms with Gasteiger partial charge in [0.2, 0.25) is 0 Å². The lowest BCUT2D eigenvalue weighted by Crippen LogP contribution is -2.37. The van der Waals surface area contributed by atoms with Gasteiger partial charge in [-0.25, -0.2) is 0 Å². The summed E-state index contributed by atoms with van der Waals surface area (Å²) in [6, 6.07) is 0. The third kappa shape index (κ3) is 4.34. The third-order valence-electron chi connectivity index (χ3n) is 2.50. The minimum absolute atomic E-state index is 0.124. The van der Waals surface area contributed by atoms with Crippen molar-refractivity contribution in [3.8, 4) is 0 Å². The molecule has 1 saturated heterocycles. The van der Waals surface area contributed by atoms with Crippen LogP contribution in [0.1, 0.15) is 26.2 Å². The molecule has 2 nitrogen and oxygen atoms in total. The molecule has 0 aromatic carbocycles. The summed E-state index contributed by atoms with van der Waals surface area (Å²) in [5.41, 5.74) is 0.124. The minimum Gasteiger partial charge on any atom is -0.374 e. The van der Waals surface area contributed by atoms with E-state index in [9.17, 15) is 0 Å². The monoisotopic (exact) mass is 203 g/mol. The summed E-state index contributed by atoms with van der Waals surface area (Å²) in [5.74, 6) is 1.25. The van der Waals surface area contributed by atoms with Gasteiger partial charge in [-0.3, -0.25) is 0 Å². The van der Waals surface area contributed by atoms with Crippen LogP contribution < -0.4 is 5.32 Å². The second kappa shape index (κ2) is 5.89. The molecule has 1 aliphatic rings. The molecule has 0 saturated carbocycles. The van der Waals surface area contributed by atoms with Gasteiger partial charge < -0.3 is 10.1 Å². The van der Waals surface area contributed by atoms with Crippen LogP contribution in [0.25, 0.3) is 0 Å². The van der Waals surface area contributed by atoms with Crippen molar-refractivity contribution in [1.82, 2.24) is 5.32 Å². The number of ether oxygens (including phenoxy) is 1. The Labute approximate surface area is 85.8 Å². The average Bonchev–Trinajstić information content (AvgIpc) is 2.53. The summed E-state index contributed by atoms with van der Waals surface area (Å²) < 4.78 is 5.68. The highest BCUT2D eigenvalue weighted by atomic mass is 32.2. The molecule has 13 heavy (non-hydrogen) atoms. The van der Waals surface area contributed by atoms with Crippen LogP contribution in [0.2, 0.25) is 0 Å². The van der Waals surface area contributed by atoms with Crippen LogP contribution in [-0.2, 0) is 4.74 Å². The molecule has 0 aliphatic carbocycles. The molecule has 0 aromatic rings. The van der Waals surface area contributed by atoms with E-state index in [0.29, 0.717) is 0 Å². The van der Waals surface area contributed by atoms with E-state index in [1.165, 1.54) is 25.0 Å². The highest BCUT2D eigenvalue weighted by molar-refractivity contribution is 7.98. The van der Waals surface area contributed by atoms with E-state index in [4.69, 9.17) is 4.74 Å². The molecule has 78 valence electrons. The predicted molar refractivity (Wildman–Crippen MR) is 59.5 cm³/mol. The number of nitrogens with one attached hydrogen (secondary N) is 1. The lowest BCUT2D eigenvalue weighted by molar-refractivity contribution is 0.0211. The molecule has 0 radical (unpaired) electrons. The van der Waals surface area contributed by atoms with E-state index in [-0.39, 0.29) is 5.60 Å². The van der Waals surface area contributed by atoms with E-state index in [2.05, 4.69) is 18.5 Å². The molecule has 1 N–H and O–H groups in total. The Kier molecular flexibility index (Phi) is 5.14. The highest BCUT2D eigenvalue weighted by Crippen LogP contribution is 2.23. The molecule has 1 fully saturated rings. The van der Waals surface area contributed by atoms with E-state index in [0.717, 1.165) is 19.7 Å². The van der Waals surface area contributed by atoms with Crippen molar-refractivity contribution in [3.05, 3.63) is 0 Å². The van der Waals surface area contributed by atoms with Gasteiger partial charge in [-0.2, -0.15) is 11.8 Å². The Hall–Kier alpha value is 0.270. The second-order valence-corrected chi connectivity index (χ2v) is 4.91. The number of hydrogen-bond donors (Lipinski definition) is 1. The molecule has 0 aromatic heterocycles. The van der Waals surface area contributed by atoms with E-state index in [1.807, 2.05) is 11.8 Å². The molecule has 0 amide bonds. The molecule has 1 heterocycles. The fourth-order valence-electron chi connectivity index (χ4n) is 1.67. The summed E-state index contributed by atoms with van der Waals surface area (Å²) in [6.07, 6.45) is 5.85. The van der Waals surface area contributed by atoms with Gasteiger partial charge in [0.15, 0.2) is 0 Å². The number of thioether (sulfide) groups is 1. The van der Waals surface area contributed by atoms with Crippen LogP contribution in [-0.4, -0.2) is 37.3 Å². The summed E-state index contributed by atoms with van der Waals surface area (Å²) >= 11 is 1.91. The van der Waals surface area contributed by atoms with Crippen molar-refractivity contribution in [2.45, 2.75) is 31.8 Å². The molecule has 1 atom stereocenters. The van der Waals surface area contributed by atoms with Gasteiger partial charge in [0.05, 0.1) is 5.60 Å². The zero-order valence-electron chi connectivity index (χ0n) is 8.77. The Balaban J connectivity index is 1.98. The fourth-order valence-corrected chi connectivity index (χ4v) is 2.10. The van der Waals surface area contributed by atoms with Crippen LogP contribution in [0.4, 0.5) is 0 Å². The molecular formula is C10H21NOS. The first kappa shape index (κ1) is 11.3. The smallest absolute Gasteiger partial charge is 0.0779 e. The van der Waals surface area contributed by atoms with Gasteiger partial charge in [0.1, 0.15) is 0 Å². The van der Waals surface area contributed by atoms with Crippen molar-refractivity contribution in [1.29, 1.82) is 0 Å². The maximum Gasteiger partial charge on any atom is 0.0779 e. The molecule has 3 heteroatoms. The van der Waals surface area contributed by atoms with Gasteiger partial charge in [0.25, 0.3) is 0 Å². The lowest BCUT2D eigenvalue weighted by atomic mass is 10.0. The predicted octanol–water partition coefficient (Wildman–Crippen LogP) is 1.90. The minimum atomic E-state index is 0.124. The van der Waals surface area contributed by atoms with Crippen molar-refractivity contribution in [2.75, 3.05) is 31.7 Å². The van der Waals surface area contributed by atoms with Crippen LogP contribution in [0.5, 0.6) is 0 Å². The van der Waals surface area contributed by atoms with E-state index in [1.54, 1.807) is 0 Å². The maximum absolute atomic E-state index is 5.68. The second-order valence-electron chi connectivity index (χ2n) is 3.93. The average molecular weight is 203 g/mol. The van der Waals surface area contributed by atoms with Crippen LogP contribution in [0.3, 0.4) is 0 Å². The summed E-state index contributed by atoms with van der Waals surface area (Å²) in [6.45, 7) is 5.30. The van der Waals surface area contributed by atoms with E-state index >= 15 is 0 Å². The molecule has 1 rings (SSSR count). The largest absolute Gasteiger partial charge is 0.374 e. The summed E-state index contributed by atoms with van der Waals surface area (Å²) in [4.78, 5) is 0. The zero-order chi connectivity index (χ0) is 9.57. The maximum atomic E-state index is 5.68. The molecular weight excluding hydrogens is 182 g/mol. The van der Waals surface area contributed by atoms with Gasteiger partial charge in [-0.05, 0) is 44.7 Å². The SMILES string of the molecule is CSCCCNCC1(C)CCCO1. The quantitative estimate of drug-likeness (QED) is 0.666. The number of rotatable bonds is 6. The lowest BCUT2D eigenvalue weighted by Gasteiger charge is -2.23. The molecule has 1 aliphatic heterocycles. The van der Waals surface area contributed by atoms with Crippen molar-refractivity contribution < 1.29 is 4.74 Å². The first-order chi connectivity index (χ1) is 6.27. The zero-order valence-corrected chi connectivity index (χ0v) is 9.58. The Morgan fingerprint density at radius 3 is 3.00 bits per heavy atom. The molecule has 0 bridgehead atoms. The first-order valence-electron chi connectivity index (χ1n) is 5.10. The Morgan fingerprint density at radius 1 is 1.54 bits per heavy atom. The van der Waals surface area contributed by atoms with Crippen LogP contribution >= 0.6 is 11.8 Å². The normalized spacial score (nSPS) is 28.2. The molecule has 0 spiro atoms. The third-order valence-corrected chi connectivity index (χ3v) is 3.20. The van der Waals surface area contributed by atoms with E-state index < -0.39 is 0 Å².